The molecule has 29 heavy (non-hydrogen) atoms. The second-order valence-electron chi connectivity index (χ2n) is 7.89. The molecule has 0 aliphatic carbocycles. The summed E-state index contributed by atoms with van der Waals surface area (Å²) in [5.74, 6) is 1.75. The predicted molar refractivity (Wildman–Crippen MR) is 112 cm³/mol. The van der Waals surface area contributed by atoms with Gasteiger partial charge < -0.3 is 19.4 Å². The summed E-state index contributed by atoms with van der Waals surface area (Å²) in [6, 6.07) is 12.1. The molecule has 0 saturated carbocycles. The van der Waals surface area contributed by atoms with Gasteiger partial charge >= 0.3 is 0 Å². The number of benzene rings is 2. The lowest BCUT2D eigenvalue weighted by molar-refractivity contribution is 0.0628. The number of piperazine rings is 1. The topological polar surface area (TPSA) is 57.8 Å². The number of fused-ring (bicyclic) bond motifs is 2. The van der Waals surface area contributed by atoms with E-state index < -0.39 is 0 Å². The Hall–Kier alpha value is -2.99. The second-order valence-corrected chi connectivity index (χ2v) is 7.89. The normalized spacial score (nSPS) is 16.6. The Morgan fingerprint density at radius 2 is 1.79 bits per heavy atom. The van der Waals surface area contributed by atoms with Gasteiger partial charge in [0.1, 0.15) is 0 Å². The quantitative estimate of drug-likeness (QED) is 0.743. The Labute approximate surface area is 170 Å². The molecule has 0 bridgehead atoms. The van der Waals surface area contributed by atoms with Crippen LogP contribution in [0.15, 0.2) is 36.4 Å². The first-order chi connectivity index (χ1) is 14.1. The van der Waals surface area contributed by atoms with Crippen LogP contribution in [0.5, 0.6) is 11.5 Å². The first kappa shape index (κ1) is 18.1. The van der Waals surface area contributed by atoms with Crippen LogP contribution in [0.25, 0.3) is 10.9 Å². The lowest BCUT2D eigenvalue weighted by Gasteiger charge is -2.34. The van der Waals surface area contributed by atoms with Crippen molar-refractivity contribution < 1.29 is 14.3 Å². The summed E-state index contributed by atoms with van der Waals surface area (Å²) in [4.78, 5) is 20.7. The second kappa shape index (κ2) is 7.12. The van der Waals surface area contributed by atoms with Crippen molar-refractivity contribution in [1.82, 2.24) is 14.8 Å². The molecule has 2 aliphatic rings. The van der Waals surface area contributed by atoms with Crippen LogP contribution in [0.2, 0.25) is 0 Å². The van der Waals surface area contributed by atoms with Crippen LogP contribution < -0.4 is 9.47 Å². The number of H-pyrrole nitrogens is 1. The third-order valence-corrected chi connectivity index (χ3v) is 6.06. The van der Waals surface area contributed by atoms with Gasteiger partial charge in [0, 0.05) is 54.9 Å². The Morgan fingerprint density at radius 1 is 1.00 bits per heavy atom. The number of carbonyl (C=O) groups excluding carboxylic acids is 1. The van der Waals surface area contributed by atoms with E-state index in [1.165, 1.54) is 11.1 Å². The zero-order valence-electron chi connectivity index (χ0n) is 16.8. The first-order valence-corrected chi connectivity index (χ1v) is 10.1. The summed E-state index contributed by atoms with van der Waals surface area (Å²) in [7, 11) is 0. The number of aryl methyl sites for hydroxylation is 2. The van der Waals surface area contributed by atoms with E-state index in [0.29, 0.717) is 6.79 Å². The number of aromatic nitrogens is 1. The standard InChI is InChI=1S/C23H25N3O3/c1-15-16(2)24-20-5-4-18(12-19(15)20)23(27)26-9-7-25(8-10-26)13-17-3-6-21-22(11-17)29-14-28-21/h3-6,11-12,24H,7-10,13-14H2,1-2H3. The van der Waals surface area contributed by atoms with Crippen LogP contribution in [0.4, 0.5) is 0 Å². The van der Waals surface area contributed by atoms with E-state index >= 15 is 0 Å². The minimum atomic E-state index is 0.118. The van der Waals surface area contributed by atoms with Gasteiger partial charge in [-0.05, 0) is 55.3 Å². The fraction of sp³-hybridized carbons (Fsp3) is 0.348. The molecule has 6 nitrogen and oxygen atoms in total. The zero-order chi connectivity index (χ0) is 20.0. The van der Waals surface area contributed by atoms with Crippen molar-refractivity contribution in [2.75, 3.05) is 33.0 Å². The van der Waals surface area contributed by atoms with Gasteiger partial charge in [-0.1, -0.05) is 6.07 Å². The molecule has 1 aromatic heterocycles. The van der Waals surface area contributed by atoms with E-state index in [4.69, 9.17) is 9.47 Å². The highest BCUT2D eigenvalue weighted by atomic mass is 16.7. The van der Waals surface area contributed by atoms with Gasteiger partial charge in [0.05, 0.1) is 0 Å². The number of aromatic amines is 1. The van der Waals surface area contributed by atoms with Gasteiger partial charge in [0.25, 0.3) is 5.91 Å². The van der Waals surface area contributed by atoms with Crippen molar-refractivity contribution in [3.63, 3.8) is 0 Å². The molecule has 6 heteroatoms. The van der Waals surface area contributed by atoms with Crippen molar-refractivity contribution in [3.8, 4) is 11.5 Å². The first-order valence-electron chi connectivity index (χ1n) is 10.1. The predicted octanol–water partition coefficient (Wildman–Crippen LogP) is 3.47. The maximum Gasteiger partial charge on any atom is 0.253 e. The average Bonchev–Trinajstić information content (AvgIpc) is 3.32. The molecule has 0 spiro atoms. The molecule has 2 aromatic carbocycles. The number of carbonyl (C=O) groups is 1. The van der Waals surface area contributed by atoms with Gasteiger partial charge in [-0.25, -0.2) is 0 Å². The average molecular weight is 391 g/mol. The summed E-state index contributed by atoms with van der Waals surface area (Å²) in [6.07, 6.45) is 0. The summed E-state index contributed by atoms with van der Waals surface area (Å²) in [5.41, 5.74) is 5.43. The molecule has 2 aliphatic heterocycles. The molecule has 1 N–H and O–H groups in total. The lowest BCUT2D eigenvalue weighted by Crippen LogP contribution is -2.48. The van der Waals surface area contributed by atoms with Crippen LogP contribution in [0.3, 0.4) is 0 Å². The fourth-order valence-corrected chi connectivity index (χ4v) is 4.18. The Balaban J connectivity index is 1.23. The van der Waals surface area contributed by atoms with Crippen molar-refractivity contribution in [2.24, 2.45) is 0 Å². The highest BCUT2D eigenvalue weighted by molar-refractivity contribution is 5.99. The molecule has 0 radical (unpaired) electrons. The highest BCUT2D eigenvalue weighted by Crippen LogP contribution is 2.33. The van der Waals surface area contributed by atoms with Crippen LogP contribution in [-0.4, -0.2) is 53.7 Å². The summed E-state index contributed by atoms with van der Waals surface area (Å²) in [5, 5.41) is 1.13. The van der Waals surface area contributed by atoms with E-state index in [-0.39, 0.29) is 5.91 Å². The van der Waals surface area contributed by atoms with E-state index in [1.54, 1.807) is 0 Å². The summed E-state index contributed by atoms with van der Waals surface area (Å²) < 4.78 is 10.8. The number of nitrogens with zero attached hydrogens (tertiary/aromatic N) is 2. The van der Waals surface area contributed by atoms with E-state index in [2.05, 4.69) is 35.9 Å². The molecule has 0 atom stereocenters. The molecule has 1 fully saturated rings. The highest BCUT2D eigenvalue weighted by Gasteiger charge is 2.23. The van der Waals surface area contributed by atoms with Gasteiger partial charge in [0.2, 0.25) is 6.79 Å². The minimum Gasteiger partial charge on any atom is -0.454 e. The van der Waals surface area contributed by atoms with Gasteiger partial charge in [-0.15, -0.1) is 0 Å². The summed E-state index contributed by atoms with van der Waals surface area (Å²) in [6.45, 7) is 8.53. The van der Waals surface area contributed by atoms with Crippen molar-refractivity contribution in [2.45, 2.75) is 20.4 Å². The maximum atomic E-state index is 13.0. The van der Waals surface area contributed by atoms with Crippen LogP contribution in [0, 0.1) is 13.8 Å². The number of amides is 1. The number of ether oxygens (including phenoxy) is 2. The van der Waals surface area contributed by atoms with Crippen LogP contribution >= 0.6 is 0 Å². The third kappa shape index (κ3) is 3.34. The monoisotopic (exact) mass is 391 g/mol. The largest absolute Gasteiger partial charge is 0.454 e. The third-order valence-electron chi connectivity index (χ3n) is 6.06. The maximum absolute atomic E-state index is 13.0. The van der Waals surface area contributed by atoms with Crippen molar-refractivity contribution in [3.05, 3.63) is 58.8 Å². The molecule has 3 heterocycles. The fourth-order valence-electron chi connectivity index (χ4n) is 4.18. The van der Waals surface area contributed by atoms with Gasteiger partial charge in [0.15, 0.2) is 11.5 Å². The van der Waals surface area contributed by atoms with Crippen molar-refractivity contribution in [1.29, 1.82) is 0 Å². The van der Waals surface area contributed by atoms with Crippen LogP contribution in [-0.2, 0) is 6.54 Å². The molecule has 150 valence electrons. The molecule has 3 aromatic rings. The number of hydrogen-bond acceptors (Lipinski definition) is 4. The Bertz CT molecular complexity index is 1080. The lowest BCUT2D eigenvalue weighted by atomic mass is 10.1. The number of nitrogens with one attached hydrogen (secondary N) is 1. The van der Waals surface area contributed by atoms with Gasteiger partial charge in [-0.3, -0.25) is 9.69 Å². The molecule has 0 unspecified atom stereocenters. The van der Waals surface area contributed by atoms with E-state index in [9.17, 15) is 4.79 Å². The SMILES string of the molecule is Cc1[nH]c2ccc(C(=O)N3CCN(Cc4ccc5c(c4)OCO5)CC3)cc2c1C. The molecular weight excluding hydrogens is 366 g/mol. The number of hydrogen-bond donors (Lipinski definition) is 1. The van der Waals surface area contributed by atoms with E-state index in [1.807, 2.05) is 29.2 Å². The summed E-state index contributed by atoms with van der Waals surface area (Å²) >= 11 is 0. The molecular formula is C23H25N3O3. The van der Waals surface area contributed by atoms with Crippen LogP contribution in [0.1, 0.15) is 27.2 Å². The molecule has 5 rings (SSSR count). The number of rotatable bonds is 3. The van der Waals surface area contributed by atoms with Crippen molar-refractivity contribution >= 4 is 16.8 Å². The Morgan fingerprint density at radius 3 is 2.62 bits per heavy atom. The molecule has 1 saturated heterocycles. The smallest absolute Gasteiger partial charge is 0.253 e. The Kier molecular flexibility index (Phi) is 4.43. The van der Waals surface area contributed by atoms with Gasteiger partial charge in [-0.2, -0.15) is 0 Å². The minimum absolute atomic E-state index is 0.118. The molecule has 1 amide bonds. The zero-order valence-corrected chi connectivity index (χ0v) is 16.8. The van der Waals surface area contributed by atoms with E-state index in [0.717, 1.165) is 66.4 Å².